The Kier molecular flexibility index (Phi) is 16.2. The van der Waals surface area contributed by atoms with E-state index in [1.807, 2.05) is 4.90 Å². The molecule has 1 aliphatic rings. The van der Waals surface area contributed by atoms with Gasteiger partial charge in [-0.1, -0.05) is 43.3 Å². The van der Waals surface area contributed by atoms with E-state index in [0.29, 0.717) is 41.7 Å². The SMILES string of the molecule is CCN1CCC(N(CCCCc2ccc(C(F)(F)F)cc2)C(=O)Cn2c(SCc3cccc(F)c3F)cc(=O)c3ccccc32)CC1.O=C(O)C(O)C(O)C(=O)O. The van der Waals surface area contributed by atoms with Gasteiger partial charge in [-0.3, -0.25) is 9.59 Å². The van der Waals surface area contributed by atoms with E-state index in [9.17, 15) is 41.1 Å². The maximum absolute atomic E-state index is 14.5. The van der Waals surface area contributed by atoms with Crippen LogP contribution in [0.25, 0.3) is 10.9 Å². The van der Waals surface area contributed by atoms with Crippen LogP contribution in [0.2, 0.25) is 0 Å². The first-order valence-corrected chi connectivity index (χ1v) is 19.2. The number of hydrogen-bond acceptors (Lipinski definition) is 8. The second-order valence-corrected chi connectivity index (χ2v) is 14.4. The Bertz CT molecular complexity index is 2040. The summed E-state index contributed by atoms with van der Waals surface area (Å²) in [7, 11) is 0. The Balaban J connectivity index is 0.000000635. The summed E-state index contributed by atoms with van der Waals surface area (Å²) in [6.45, 7) is 5.24. The predicted octanol–water partition coefficient (Wildman–Crippen LogP) is 5.80. The number of fused-ring (bicyclic) bond motifs is 1. The summed E-state index contributed by atoms with van der Waals surface area (Å²) < 4.78 is 69.0. The molecular formula is C40H44F5N3O8S. The maximum Gasteiger partial charge on any atom is 0.416 e. The van der Waals surface area contributed by atoms with Gasteiger partial charge in [0.1, 0.15) is 6.54 Å². The van der Waals surface area contributed by atoms with Crippen LogP contribution in [0.4, 0.5) is 22.0 Å². The molecule has 5 rings (SSSR count). The molecule has 17 heteroatoms. The molecule has 11 nitrogen and oxygen atoms in total. The van der Waals surface area contributed by atoms with Crippen molar-refractivity contribution in [2.45, 2.75) is 80.8 Å². The predicted molar refractivity (Wildman–Crippen MR) is 203 cm³/mol. The highest BCUT2D eigenvalue weighted by atomic mass is 32.2. The van der Waals surface area contributed by atoms with Gasteiger partial charge in [-0.05, 0) is 74.5 Å². The summed E-state index contributed by atoms with van der Waals surface area (Å²) in [5.41, 5.74) is 0.649. The van der Waals surface area contributed by atoms with Gasteiger partial charge in [0.05, 0.1) is 16.1 Å². The number of amides is 1. The number of aryl methyl sites for hydroxylation is 1. The van der Waals surface area contributed by atoms with Crippen LogP contribution in [-0.4, -0.2) is 97.1 Å². The van der Waals surface area contributed by atoms with E-state index in [2.05, 4.69) is 11.8 Å². The molecule has 1 fully saturated rings. The van der Waals surface area contributed by atoms with Crippen LogP contribution in [0.15, 0.2) is 82.6 Å². The lowest BCUT2D eigenvalue weighted by Crippen LogP contribution is -2.48. The third-order valence-electron chi connectivity index (χ3n) is 9.65. The molecule has 57 heavy (non-hydrogen) atoms. The summed E-state index contributed by atoms with van der Waals surface area (Å²) in [6, 6.07) is 17.7. The van der Waals surface area contributed by atoms with Gasteiger partial charge < -0.3 is 34.8 Å². The number of rotatable bonds is 15. The molecule has 0 radical (unpaired) electrons. The monoisotopic (exact) mass is 821 g/mol. The molecule has 2 atom stereocenters. The molecule has 1 aromatic heterocycles. The Morgan fingerprint density at radius 1 is 0.895 bits per heavy atom. The summed E-state index contributed by atoms with van der Waals surface area (Å²) in [5, 5.41) is 33.5. The molecule has 2 unspecified atom stereocenters. The first-order valence-electron chi connectivity index (χ1n) is 18.2. The number of aliphatic hydroxyl groups is 2. The van der Waals surface area contributed by atoms with Crippen LogP contribution in [0.5, 0.6) is 0 Å². The molecule has 308 valence electrons. The van der Waals surface area contributed by atoms with Gasteiger partial charge >= 0.3 is 18.1 Å². The minimum absolute atomic E-state index is 0.0273. The number of halogens is 5. The third kappa shape index (κ3) is 12.3. The Morgan fingerprint density at radius 3 is 2.12 bits per heavy atom. The number of nitrogens with zero attached hydrogens (tertiary/aromatic N) is 3. The van der Waals surface area contributed by atoms with E-state index in [0.717, 1.165) is 56.2 Å². The maximum atomic E-state index is 14.5. The number of carboxylic acids is 2. The number of piperidine rings is 1. The quantitative estimate of drug-likeness (QED) is 0.0656. The molecule has 4 N–H and O–H groups in total. The summed E-state index contributed by atoms with van der Waals surface area (Å²) in [6.07, 6.45) is -5.30. The number of para-hydroxylation sites is 1. The number of pyridine rings is 1. The van der Waals surface area contributed by atoms with E-state index in [1.54, 1.807) is 28.8 Å². The molecule has 0 spiro atoms. The Hall–Kier alpha value is -4.84. The first-order chi connectivity index (χ1) is 27.0. The summed E-state index contributed by atoms with van der Waals surface area (Å²) >= 11 is 1.17. The van der Waals surface area contributed by atoms with E-state index >= 15 is 0 Å². The molecule has 1 saturated heterocycles. The van der Waals surface area contributed by atoms with Gasteiger partial charge in [-0.25, -0.2) is 18.4 Å². The zero-order chi connectivity index (χ0) is 41.9. The normalized spacial score (nSPS) is 14.7. The molecule has 3 aromatic carbocycles. The molecule has 1 amide bonds. The van der Waals surface area contributed by atoms with E-state index in [4.69, 9.17) is 20.4 Å². The highest BCUT2D eigenvalue weighted by molar-refractivity contribution is 7.98. The number of carbonyl (C=O) groups excluding carboxylic acids is 1. The van der Waals surface area contributed by atoms with Crippen LogP contribution in [0.1, 0.15) is 49.3 Å². The number of benzene rings is 3. The fraction of sp³-hybridized carbons (Fsp3) is 0.400. The van der Waals surface area contributed by atoms with Crippen molar-refractivity contribution in [1.29, 1.82) is 0 Å². The molecule has 0 saturated carbocycles. The van der Waals surface area contributed by atoms with Gasteiger partial charge in [-0.15, -0.1) is 11.8 Å². The number of aliphatic carboxylic acids is 2. The summed E-state index contributed by atoms with van der Waals surface area (Å²) in [4.78, 5) is 51.1. The number of hydrogen-bond donors (Lipinski definition) is 4. The number of aliphatic hydroxyl groups excluding tert-OH is 2. The molecule has 1 aliphatic heterocycles. The standard InChI is InChI=1S/C36H38F5N3O2S.C4H6O6/c1-2-42-20-17-28(18-21-42)43(19-6-5-8-25-13-15-27(16-14-25)36(39,40)41)33(46)23-44-31-12-4-3-10-29(31)32(45)22-34(44)47-24-26-9-7-11-30(37)35(26)38;5-1(3(7)8)2(6)4(9)10/h3-4,7,9-16,22,28H,2,5-6,8,17-21,23-24H2,1H3;1-2,5-6H,(H,7,8)(H,9,10). The highest BCUT2D eigenvalue weighted by Gasteiger charge is 2.31. The Morgan fingerprint density at radius 2 is 1.53 bits per heavy atom. The van der Waals surface area contributed by atoms with Crippen molar-refractivity contribution in [3.8, 4) is 0 Å². The van der Waals surface area contributed by atoms with Crippen LogP contribution >= 0.6 is 11.8 Å². The van der Waals surface area contributed by atoms with Crippen molar-refractivity contribution in [2.75, 3.05) is 26.2 Å². The lowest BCUT2D eigenvalue weighted by Gasteiger charge is -2.38. The van der Waals surface area contributed by atoms with Crippen molar-refractivity contribution < 1.29 is 56.8 Å². The molecule has 4 aromatic rings. The molecule has 2 heterocycles. The van der Waals surface area contributed by atoms with E-state index in [1.165, 1.54) is 42.1 Å². The van der Waals surface area contributed by atoms with Gasteiger partial charge in [0.15, 0.2) is 29.3 Å². The number of thioether (sulfide) groups is 1. The number of likely N-dealkylation sites (tertiary alicyclic amines) is 1. The topological polar surface area (TPSA) is 161 Å². The number of aromatic nitrogens is 1. The van der Waals surface area contributed by atoms with Crippen molar-refractivity contribution in [3.63, 3.8) is 0 Å². The minimum Gasteiger partial charge on any atom is -0.479 e. The summed E-state index contributed by atoms with van der Waals surface area (Å²) in [5.74, 6) is -5.46. The van der Waals surface area contributed by atoms with E-state index < -0.39 is 47.5 Å². The average Bonchev–Trinajstić information content (AvgIpc) is 3.19. The van der Waals surface area contributed by atoms with E-state index in [-0.39, 0.29) is 35.2 Å². The van der Waals surface area contributed by atoms with Crippen LogP contribution in [0.3, 0.4) is 0 Å². The lowest BCUT2D eigenvalue weighted by molar-refractivity contribution is -0.165. The number of unbranched alkanes of at least 4 members (excludes halogenated alkanes) is 1. The van der Waals surface area contributed by atoms with Crippen molar-refractivity contribution >= 4 is 40.5 Å². The largest absolute Gasteiger partial charge is 0.479 e. The highest BCUT2D eigenvalue weighted by Crippen LogP contribution is 2.30. The zero-order valence-electron chi connectivity index (χ0n) is 31.0. The van der Waals surface area contributed by atoms with Crippen molar-refractivity contribution in [3.05, 3.63) is 111 Å². The Labute approximate surface area is 329 Å². The minimum atomic E-state index is -4.38. The molecule has 0 bridgehead atoms. The van der Waals surface area contributed by atoms with Crippen LogP contribution in [0, 0.1) is 11.6 Å². The van der Waals surface area contributed by atoms with Crippen LogP contribution in [-0.2, 0) is 39.3 Å². The smallest absolute Gasteiger partial charge is 0.416 e. The van der Waals surface area contributed by atoms with Gasteiger partial charge in [0.25, 0.3) is 0 Å². The van der Waals surface area contributed by atoms with Crippen molar-refractivity contribution in [1.82, 2.24) is 14.4 Å². The number of carbonyl (C=O) groups is 3. The fourth-order valence-corrected chi connectivity index (χ4v) is 7.46. The zero-order valence-corrected chi connectivity index (χ0v) is 31.8. The van der Waals surface area contributed by atoms with Gasteiger partial charge in [0.2, 0.25) is 5.91 Å². The van der Waals surface area contributed by atoms with Gasteiger partial charge in [-0.2, -0.15) is 13.2 Å². The number of carboxylic acid groups (broad SMARTS) is 2. The first kappa shape index (κ1) is 44.9. The second kappa shape index (κ2) is 20.5. The second-order valence-electron chi connectivity index (χ2n) is 13.4. The van der Waals surface area contributed by atoms with Gasteiger partial charge in [0, 0.05) is 48.4 Å². The fourth-order valence-electron chi connectivity index (χ4n) is 6.42. The van der Waals surface area contributed by atoms with Crippen LogP contribution < -0.4 is 5.43 Å². The number of alkyl halides is 3. The molecule has 0 aliphatic carbocycles. The average molecular weight is 822 g/mol. The van der Waals surface area contributed by atoms with Crippen molar-refractivity contribution in [2.24, 2.45) is 0 Å². The molecular weight excluding hydrogens is 778 g/mol. The third-order valence-corrected chi connectivity index (χ3v) is 10.7. The lowest BCUT2D eigenvalue weighted by atomic mass is 10.0.